The van der Waals surface area contributed by atoms with Crippen LogP contribution in [0.1, 0.15) is 30.0 Å². The second-order valence-corrected chi connectivity index (χ2v) is 6.39. The summed E-state index contributed by atoms with van der Waals surface area (Å²) < 4.78 is 13.4. The van der Waals surface area contributed by atoms with Gasteiger partial charge in [-0.05, 0) is 30.5 Å². The molecule has 2 aromatic carbocycles. The Morgan fingerprint density at radius 2 is 1.71 bits per heavy atom. The maximum atomic E-state index is 13.4. The summed E-state index contributed by atoms with van der Waals surface area (Å²) in [6, 6.07) is 12.6. The fourth-order valence-corrected chi connectivity index (χ4v) is 3.25. The van der Waals surface area contributed by atoms with E-state index in [-0.39, 0.29) is 30.7 Å². The predicted octanol–water partition coefficient (Wildman–Crippen LogP) is 1.78. The molecule has 1 heterocycles. The van der Waals surface area contributed by atoms with E-state index in [1.807, 2.05) is 0 Å². The highest BCUT2D eigenvalue weighted by Crippen LogP contribution is 2.39. The van der Waals surface area contributed by atoms with E-state index in [0.29, 0.717) is 11.1 Å². The smallest absolute Gasteiger partial charge is 0.295 e. The zero-order chi connectivity index (χ0) is 20.3. The first-order valence-electron chi connectivity index (χ1n) is 8.69. The maximum absolute atomic E-state index is 13.4. The van der Waals surface area contributed by atoms with Crippen LogP contribution in [0.25, 0.3) is 5.76 Å². The average molecular weight is 382 g/mol. The van der Waals surface area contributed by atoms with Gasteiger partial charge in [0, 0.05) is 18.1 Å². The third-order valence-electron chi connectivity index (χ3n) is 4.55. The molecular weight excluding hydrogens is 365 g/mol. The van der Waals surface area contributed by atoms with E-state index in [2.05, 4.69) is 0 Å². The number of carboxylic acid groups (broad SMARTS) is 1. The number of Topliss-reactive ketones (excluding diaryl/α,β-unsaturated/α-hetero) is 1. The van der Waals surface area contributed by atoms with Crippen LogP contribution in [0.15, 0.2) is 60.2 Å². The minimum atomic E-state index is -1.26. The van der Waals surface area contributed by atoms with Crippen molar-refractivity contribution in [3.8, 4) is 0 Å². The van der Waals surface area contributed by atoms with E-state index >= 15 is 0 Å². The Morgan fingerprint density at radius 3 is 2.32 bits per heavy atom. The molecule has 2 aromatic rings. The second kappa shape index (κ2) is 8.04. The molecule has 1 saturated heterocycles. The zero-order valence-corrected chi connectivity index (χ0v) is 14.8. The molecule has 0 radical (unpaired) electrons. The van der Waals surface area contributed by atoms with Crippen LogP contribution >= 0.6 is 0 Å². The monoisotopic (exact) mass is 382 g/mol. The maximum Gasteiger partial charge on any atom is 0.295 e. The number of amides is 1. The molecule has 1 atom stereocenters. The summed E-state index contributed by atoms with van der Waals surface area (Å²) in [5, 5.41) is 21.4. The number of halogens is 1. The van der Waals surface area contributed by atoms with E-state index in [1.54, 1.807) is 30.3 Å². The quantitative estimate of drug-likeness (QED) is 0.467. The lowest BCUT2D eigenvalue weighted by Gasteiger charge is -2.25. The van der Waals surface area contributed by atoms with Crippen LogP contribution in [-0.4, -0.2) is 34.2 Å². The van der Waals surface area contributed by atoms with E-state index in [1.165, 1.54) is 29.2 Å². The van der Waals surface area contributed by atoms with E-state index in [9.17, 15) is 29.0 Å². The van der Waals surface area contributed by atoms with Crippen LogP contribution in [0.2, 0.25) is 0 Å². The summed E-state index contributed by atoms with van der Waals surface area (Å²) in [7, 11) is 0. The summed E-state index contributed by atoms with van der Waals surface area (Å²) in [5.74, 6) is -3.80. The Kier molecular flexibility index (Phi) is 5.54. The first-order valence-corrected chi connectivity index (χ1v) is 8.69. The van der Waals surface area contributed by atoms with E-state index in [0.717, 1.165) is 0 Å². The van der Waals surface area contributed by atoms with E-state index < -0.39 is 29.5 Å². The summed E-state index contributed by atoms with van der Waals surface area (Å²) in [5.41, 5.74) is 0.685. The Balaban J connectivity index is 2.08. The van der Waals surface area contributed by atoms with Crippen molar-refractivity contribution < 1.29 is 29.0 Å². The Hall–Kier alpha value is -3.48. The highest BCUT2D eigenvalue weighted by Gasteiger charge is 2.45. The van der Waals surface area contributed by atoms with Crippen LogP contribution in [0, 0.1) is 5.82 Å². The summed E-state index contributed by atoms with van der Waals surface area (Å²) in [6.07, 6.45) is -0.198. The number of carbonyl (C=O) groups is 3. The third-order valence-corrected chi connectivity index (χ3v) is 4.55. The first-order chi connectivity index (χ1) is 13.4. The highest BCUT2D eigenvalue weighted by atomic mass is 19.1. The van der Waals surface area contributed by atoms with Gasteiger partial charge in [-0.25, -0.2) is 4.39 Å². The number of aliphatic hydroxyl groups is 1. The van der Waals surface area contributed by atoms with Crippen molar-refractivity contribution in [2.45, 2.75) is 18.9 Å². The van der Waals surface area contributed by atoms with Gasteiger partial charge < -0.3 is 19.9 Å². The standard InChI is InChI=1S/C21H18FNO5/c22-15-10-8-13(9-11-15)18-17(19(26)14-5-2-1-3-6-14)20(27)21(28)23(18)12-4-7-16(24)25/h1-3,5-6,8-11,18,26H,4,7,12H2,(H,24,25)/p-1/t18-/m1/s1. The lowest BCUT2D eigenvalue weighted by atomic mass is 9.95. The van der Waals surface area contributed by atoms with Crippen molar-refractivity contribution in [2.24, 2.45) is 0 Å². The number of rotatable bonds is 6. The van der Waals surface area contributed by atoms with Crippen LogP contribution in [0.4, 0.5) is 4.39 Å². The predicted molar refractivity (Wildman–Crippen MR) is 96.1 cm³/mol. The number of ketones is 1. The first kappa shape index (κ1) is 19.3. The number of hydrogen-bond acceptors (Lipinski definition) is 5. The van der Waals surface area contributed by atoms with Gasteiger partial charge >= 0.3 is 0 Å². The topological polar surface area (TPSA) is 97.7 Å². The minimum absolute atomic E-state index is 0.0217. The summed E-state index contributed by atoms with van der Waals surface area (Å²) in [4.78, 5) is 37.1. The molecular formula is C21H17FNO5-. The average Bonchev–Trinajstić information content (AvgIpc) is 2.93. The molecule has 0 unspecified atom stereocenters. The fraction of sp³-hybridized carbons (Fsp3) is 0.190. The molecule has 3 rings (SSSR count). The third kappa shape index (κ3) is 3.78. The van der Waals surface area contributed by atoms with Gasteiger partial charge in [0.05, 0.1) is 11.6 Å². The molecule has 144 valence electrons. The van der Waals surface area contributed by atoms with Crippen molar-refractivity contribution in [2.75, 3.05) is 6.54 Å². The van der Waals surface area contributed by atoms with Gasteiger partial charge in [-0.1, -0.05) is 42.5 Å². The van der Waals surface area contributed by atoms with Gasteiger partial charge in [-0.3, -0.25) is 9.59 Å². The molecule has 1 fully saturated rings. The molecule has 28 heavy (non-hydrogen) atoms. The largest absolute Gasteiger partial charge is 0.550 e. The molecule has 0 spiro atoms. The normalized spacial score (nSPS) is 18.5. The van der Waals surface area contributed by atoms with Gasteiger partial charge in [-0.2, -0.15) is 0 Å². The molecule has 0 aliphatic carbocycles. The highest BCUT2D eigenvalue weighted by molar-refractivity contribution is 6.46. The summed E-state index contributed by atoms with van der Waals surface area (Å²) in [6.45, 7) is -0.0217. The van der Waals surface area contributed by atoms with Crippen LogP contribution in [0.5, 0.6) is 0 Å². The number of likely N-dealkylation sites (tertiary alicyclic amines) is 1. The van der Waals surface area contributed by atoms with Crippen molar-refractivity contribution in [3.05, 3.63) is 77.1 Å². The number of benzene rings is 2. The molecule has 0 saturated carbocycles. The Bertz CT molecular complexity index is 937. The lowest BCUT2D eigenvalue weighted by molar-refractivity contribution is -0.305. The molecule has 1 aliphatic rings. The van der Waals surface area contributed by atoms with Crippen molar-refractivity contribution >= 4 is 23.4 Å². The van der Waals surface area contributed by atoms with Gasteiger partial charge in [0.2, 0.25) is 0 Å². The number of nitrogens with zero attached hydrogens (tertiary/aromatic N) is 1. The number of aliphatic hydroxyl groups excluding tert-OH is 1. The Morgan fingerprint density at radius 1 is 1.07 bits per heavy atom. The number of hydrogen-bond donors (Lipinski definition) is 1. The van der Waals surface area contributed by atoms with Gasteiger partial charge in [-0.15, -0.1) is 0 Å². The Labute approximate surface area is 160 Å². The molecule has 1 N–H and O–H groups in total. The summed E-state index contributed by atoms with van der Waals surface area (Å²) >= 11 is 0. The van der Waals surface area contributed by atoms with Crippen LogP contribution in [-0.2, 0) is 14.4 Å². The number of carboxylic acids is 1. The van der Waals surface area contributed by atoms with Gasteiger partial charge in [0.1, 0.15) is 11.6 Å². The lowest BCUT2D eigenvalue weighted by Crippen LogP contribution is -2.32. The van der Waals surface area contributed by atoms with Crippen LogP contribution in [0.3, 0.4) is 0 Å². The fourth-order valence-electron chi connectivity index (χ4n) is 3.25. The molecule has 1 aliphatic heterocycles. The number of aliphatic carboxylic acids is 1. The number of carbonyl (C=O) groups excluding carboxylic acids is 3. The second-order valence-electron chi connectivity index (χ2n) is 6.39. The van der Waals surface area contributed by atoms with E-state index in [4.69, 9.17) is 0 Å². The van der Waals surface area contributed by atoms with Crippen molar-refractivity contribution in [1.29, 1.82) is 0 Å². The SMILES string of the molecule is O=C([O-])CCCN1C(=O)C(=O)C(=C(O)c2ccccc2)[C@H]1c1ccc(F)cc1. The molecule has 1 amide bonds. The van der Waals surface area contributed by atoms with Crippen molar-refractivity contribution in [3.63, 3.8) is 0 Å². The van der Waals surface area contributed by atoms with Crippen molar-refractivity contribution in [1.82, 2.24) is 4.90 Å². The van der Waals surface area contributed by atoms with Gasteiger partial charge in [0.25, 0.3) is 11.7 Å². The molecule has 0 aromatic heterocycles. The molecule has 7 heteroatoms. The van der Waals surface area contributed by atoms with Gasteiger partial charge in [0.15, 0.2) is 0 Å². The zero-order valence-electron chi connectivity index (χ0n) is 14.8. The van der Waals surface area contributed by atoms with Crippen LogP contribution < -0.4 is 5.11 Å². The minimum Gasteiger partial charge on any atom is -0.550 e. The molecule has 6 nitrogen and oxygen atoms in total. The molecule has 0 bridgehead atoms.